The SMILES string of the molecule is CNC(C)(C)c1sc(-c2ccccc2Br)nc1C. The summed E-state index contributed by atoms with van der Waals surface area (Å²) in [6.45, 7) is 6.43. The van der Waals surface area contributed by atoms with Crippen molar-refractivity contribution in [3.63, 3.8) is 0 Å². The Labute approximate surface area is 121 Å². The molecule has 1 aromatic heterocycles. The number of thiazole rings is 1. The van der Waals surface area contributed by atoms with Gasteiger partial charge in [0.2, 0.25) is 0 Å². The first kappa shape index (κ1) is 13.7. The number of nitrogens with one attached hydrogen (secondary N) is 1. The van der Waals surface area contributed by atoms with Gasteiger partial charge < -0.3 is 5.32 Å². The molecule has 18 heavy (non-hydrogen) atoms. The Morgan fingerprint density at radius 1 is 1.28 bits per heavy atom. The molecule has 96 valence electrons. The van der Waals surface area contributed by atoms with E-state index >= 15 is 0 Å². The first-order valence-corrected chi connectivity index (χ1v) is 7.48. The summed E-state index contributed by atoms with van der Waals surface area (Å²) in [5.41, 5.74) is 2.22. The van der Waals surface area contributed by atoms with Gasteiger partial charge in [-0.1, -0.05) is 34.1 Å². The fourth-order valence-electron chi connectivity index (χ4n) is 1.84. The summed E-state index contributed by atoms with van der Waals surface area (Å²) in [6, 6.07) is 8.21. The standard InChI is InChI=1S/C14H17BrN2S/c1-9-12(14(2,3)16-4)18-13(17-9)10-7-5-6-8-11(10)15/h5-8,16H,1-4H3. The Kier molecular flexibility index (Phi) is 3.90. The van der Waals surface area contributed by atoms with Crippen LogP contribution in [0.5, 0.6) is 0 Å². The van der Waals surface area contributed by atoms with Gasteiger partial charge in [0, 0.05) is 20.5 Å². The molecule has 0 saturated carbocycles. The normalized spacial score (nSPS) is 11.8. The first-order chi connectivity index (χ1) is 8.45. The molecule has 0 saturated heterocycles. The summed E-state index contributed by atoms with van der Waals surface area (Å²) in [4.78, 5) is 5.99. The molecule has 0 atom stereocenters. The highest BCUT2D eigenvalue weighted by atomic mass is 79.9. The fraction of sp³-hybridized carbons (Fsp3) is 0.357. The molecule has 0 unspecified atom stereocenters. The molecule has 2 nitrogen and oxygen atoms in total. The minimum absolute atomic E-state index is 0.0404. The van der Waals surface area contributed by atoms with Gasteiger partial charge in [-0.25, -0.2) is 4.98 Å². The third-order valence-electron chi connectivity index (χ3n) is 3.09. The molecule has 0 aliphatic heterocycles. The van der Waals surface area contributed by atoms with Crippen molar-refractivity contribution in [3.8, 4) is 10.6 Å². The second-order valence-electron chi connectivity index (χ2n) is 4.79. The lowest BCUT2D eigenvalue weighted by Crippen LogP contribution is -2.32. The van der Waals surface area contributed by atoms with E-state index in [9.17, 15) is 0 Å². The van der Waals surface area contributed by atoms with Crippen LogP contribution in [0.2, 0.25) is 0 Å². The molecule has 1 heterocycles. The van der Waals surface area contributed by atoms with Crippen molar-refractivity contribution in [2.24, 2.45) is 0 Å². The molecule has 2 rings (SSSR count). The van der Waals surface area contributed by atoms with Crippen molar-refractivity contribution in [1.82, 2.24) is 10.3 Å². The summed E-state index contributed by atoms with van der Waals surface area (Å²) in [5.74, 6) is 0. The van der Waals surface area contributed by atoms with Gasteiger partial charge in [0.25, 0.3) is 0 Å². The van der Waals surface area contributed by atoms with Gasteiger partial charge in [0.15, 0.2) is 0 Å². The molecule has 0 fully saturated rings. The molecular formula is C14H17BrN2S. The number of hydrogen-bond donors (Lipinski definition) is 1. The summed E-state index contributed by atoms with van der Waals surface area (Å²) < 4.78 is 1.09. The van der Waals surface area contributed by atoms with Crippen LogP contribution >= 0.6 is 27.3 Å². The average molecular weight is 325 g/mol. The summed E-state index contributed by atoms with van der Waals surface area (Å²) in [5, 5.41) is 4.40. The predicted molar refractivity (Wildman–Crippen MR) is 82.1 cm³/mol. The second-order valence-corrected chi connectivity index (χ2v) is 6.64. The van der Waals surface area contributed by atoms with E-state index in [1.165, 1.54) is 4.88 Å². The van der Waals surface area contributed by atoms with Gasteiger partial charge in [-0.15, -0.1) is 11.3 Å². The highest BCUT2D eigenvalue weighted by Crippen LogP contribution is 2.37. The van der Waals surface area contributed by atoms with Crippen LogP contribution in [0.25, 0.3) is 10.6 Å². The van der Waals surface area contributed by atoms with Crippen LogP contribution in [0.1, 0.15) is 24.4 Å². The molecule has 0 aliphatic carbocycles. The van der Waals surface area contributed by atoms with Crippen molar-refractivity contribution in [2.45, 2.75) is 26.3 Å². The van der Waals surface area contributed by atoms with Crippen molar-refractivity contribution < 1.29 is 0 Å². The maximum atomic E-state index is 4.70. The minimum Gasteiger partial charge on any atom is -0.310 e. The van der Waals surface area contributed by atoms with E-state index in [0.717, 1.165) is 20.7 Å². The van der Waals surface area contributed by atoms with Crippen LogP contribution < -0.4 is 5.32 Å². The maximum Gasteiger partial charge on any atom is 0.125 e. The highest BCUT2D eigenvalue weighted by molar-refractivity contribution is 9.10. The Balaban J connectivity index is 2.51. The highest BCUT2D eigenvalue weighted by Gasteiger charge is 2.24. The van der Waals surface area contributed by atoms with Crippen molar-refractivity contribution >= 4 is 27.3 Å². The Morgan fingerprint density at radius 3 is 2.56 bits per heavy atom. The smallest absolute Gasteiger partial charge is 0.125 e. The Morgan fingerprint density at radius 2 is 1.94 bits per heavy atom. The van der Waals surface area contributed by atoms with E-state index in [-0.39, 0.29) is 5.54 Å². The lowest BCUT2D eigenvalue weighted by molar-refractivity contribution is 0.450. The molecule has 0 bridgehead atoms. The second kappa shape index (κ2) is 5.11. The number of hydrogen-bond acceptors (Lipinski definition) is 3. The van der Waals surface area contributed by atoms with E-state index in [1.54, 1.807) is 11.3 Å². The molecule has 1 N–H and O–H groups in total. The van der Waals surface area contributed by atoms with Crippen LogP contribution in [0.15, 0.2) is 28.7 Å². The predicted octanol–water partition coefficient (Wildman–Crippen LogP) is 4.34. The maximum absolute atomic E-state index is 4.70. The minimum atomic E-state index is -0.0404. The average Bonchev–Trinajstić information content (AvgIpc) is 2.72. The van der Waals surface area contributed by atoms with Crippen molar-refractivity contribution in [3.05, 3.63) is 39.3 Å². The number of nitrogens with zero attached hydrogens (tertiary/aromatic N) is 1. The number of rotatable bonds is 3. The monoisotopic (exact) mass is 324 g/mol. The fourth-order valence-corrected chi connectivity index (χ4v) is 3.66. The number of aromatic nitrogens is 1. The van der Waals surface area contributed by atoms with Gasteiger partial charge in [-0.05, 0) is 33.9 Å². The third-order valence-corrected chi connectivity index (χ3v) is 5.30. The van der Waals surface area contributed by atoms with Crippen LogP contribution in [-0.2, 0) is 5.54 Å². The van der Waals surface area contributed by atoms with Gasteiger partial charge >= 0.3 is 0 Å². The van der Waals surface area contributed by atoms with Gasteiger partial charge in [0.1, 0.15) is 5.01 Å². The Bertz CT molecular complexity index is 561. The number of aryl methyl sites for hydroxylation is 1. The molecule has 0 spiro atoms. The van der Waals surface area contributed by atoms with Crippen molar-refractivity contribution in [1.29, 1.82) is 0 Å². The molecular weight excluding hydrogens is 308 g/mol. The van der Waals surface area contributed by atoms with Crippen LogP contribution in [0.3, 0.4) is 0 Å². The molecule has 2 aromatic rings. The Hall–Kier alpha value is -0.710. The zero-order valence-corrected chi connectivity index (χ0v) is 13.4. The number of benzene rings is 1. The van der Waals surface area contributed by atoms with Crippen molar-refractivity contribution in [2.75, 3.05) is 7.05 Å². The van der Waals surface area contributed by atoms with Crippen LogP contribution in [0.4, 0.5) is 0 Å². The molecule has 1 aromatic carbocycles. The van der Waals surface area contributed by atoms with E-state index in [0.29, 0.717) is 0 Å². The number of halogens is 1. The largest absolute Gasteiger partial charge is 0.310 e. The lowest BCUT2D eigenvalue weighted by atomic mass is 10.0. The lowest BCUT2D eigenvalue weighted by Gasteiger charge is -2.22. The van der Waals surface area contributed by atoms with Gasteiger partial charge in [0.05, 0.1) is 5.69 Å². The zero-order valence-electron chi connectivity index (χ0n) is 11.0. The van der Waals surface area contributed by atoms with Gasteiger partial charge in [-0.3, -0.25) is 0 Å². The van der Waals surface area contributed by atoms with E-state index < -0.39 is 0 Å². The summed E-state index contributed by atoms with van der Waals surface area (Å²) >= 11 is 5.34. The molecule has 0 aliphatic rings. The summed E-state index contributed by atoms with van der Waals surface area (Å²) in [6.07, 6.45) is 0. The topological polar surface area (TPSA) is 24.9 Å². The molecule has 0 radical (unpaired) electrons. The van der Waals surface area contributed by atoms with E-state index in [2.05, 4.69) is 54.2 Å². The van der Waals surface area contributed by atoms with Gasteiger partial charge in [-0.2, -0.15) is 0 Å². The van der Waals surface area contributed by atoms with Crippen LogP contribution in [-0.4, -0.2) is 12.0 Å². The quantitative estimate of drug-likeness (QED) is 0.908. The van der Waals surface area contributed by atoms with Crippen LogP contribution in [0, 0.1) is 6.92 Å². The van der Waals surface area contributed by atoms with E-state index in [4.69, 9.17) is 4.98 Å². The zero-order chi connectivity index (χ0) is 13.3. The van der Waals surface area contributed by atoms with E-state index in [1.807, 2.05) is 19.2 Å². The molecule has 4 heteroatoms. The third kappa shape index (κ3) is 2.51. The molecule has 0 amide bonds. The summed E-state index contributed by atoms with van der Waals surface area (Å²) in [7, 11) is 1.98. The first-order valence-electron chi connectivity index (χ1n) is 5.87.